The predicted molar refractivity (Wildman–Crippen MR) is 111 cm³/mol. The fourth-order valence-electron chi connectivity index (χ4n) is 7.75. The number of ether oxygens (including phenoxy) is 1. The number of carboxylic acid groups (broad SMARTS) is 1. The zero-order valence-electron chi connectivity index (χ0n) is 19.3. The Morgan fingerprint density at radius 3 is 2.37 bits per heavy atom. The van der Waals surface area contributed by atoms with Crippen molar-refractivity contribution in [3.63, 3.8) is 0 Å². The standard InChI is InChI=1S/C25H36O5/c1-13-8-9-16-22(4,5)17(26)10-11-24(16,7)25(13)12-23(6)15(3)18(21(28)29)19(27)14(2)20(23)30-25/h13,16-17,26H,8-12H2,1-7H3,(H,28,29)/p-1/t13-,16-,17-,23+,24-,25-/m0/s1. The summed E-state index contributed by atoms with van der Waals surface area (Å²) in [6.45, 7) is 14.3. The molecule has 166 valence electrons. The zero-order chi connectivity index (χ0) is 22.4. The van der Waals surface area contributed by atoms with Gasteiger partial charge in [0.15, 0.2) is 5.78 Å². The van der Waals surface area contributed by atoms with Crippen molar-refractivity contribution >= 4 is 11.8 Å². The number of Topliss-reactive ketones (excluding diaryl/α,β-unsaturated/α-hetero) is 1. The highest BCUT2D eigenvalue weighted by molar-refractivity contribution is 6.24. The normalized spacial score (nSPS) is 45.3. The molecule has 1 N–H and O–H groups in total. The number of hydrogen-bond donors (Lipinski definition) is 1. The van der Waals surface area contributed by atoms with Crippen molar-refractivity contribution in [1.29, 1.82) is 0 Å². The number of carbonyl (C=O) groups excluding carboxylic acids is 2. The second kappa shape index (κ2) is 6.21. The topological polar surface area (TPSA) is 86.7 Å². The molecule has 4 aliphatic rings. The van der Waals surface area contributed by atoms with Crippen LogP contribution in [0.15, 0.2) is 22.5 Å². The summed E-state index contributed by atoms with van der Waals surface area (Å²) in [4.78, 5) is 24.7. The van der Waals surface area contributed by atoms with Crippen LogP contribution in [0.4, 0.5) is 0 Å². The van der Waals surface area contributed by atoms with Crippen LogP contribution in [0.1, 0.15) is 80.6 Å². The predicted octanol–water partition coefficient (Wildman–Crippen LogP) is 3.31. The molecule has 0 aromatic heterocycles. The van der Waals surface area contributed by atoms with Crippen LogP contribution >= 0.6 is 0 Å². The fourth-order valence-corrected chi connectivity index (χ4v) is 7.75. The fraction of sp³-hybridized carbons (Fsp3) is 0.760. The summed E-state index contributed by atoms with van der Waals surface area (Å²) in [5, 5.41) is 22.6. The highest BCUT2D eigenvalue weighted by atomic mass is 16.5. The molecule has 0 unspecified atom stereocenters. The monoisotopic (exact) mass is 415 g/mol. The Labute approximate surface area is 179 Å². The van der Waals surface area contributed by atoms with E-state index in [9.17, 15) is 19.8 Å². The molecule has 1 aliphatic heterocycles. The minimum absolute atomic E-state index is 0.175. The average Bonchev–Trinajstić information content (AvgIpc) is 2.98. The number of aliphatic hydroxyl groups excluding tert-OH is 1. The quantitative estimate of drug-likeness (QED) is 0.664. The molecule has 0 bridgehead atoms. The lowest BCUT2D eigenvalue weighted by molar-refractivity contribution is -0.298. The van der Waals surface area contributed by atoms with E-state index in [0.29, 0.717) is 23.3 Å². The van der Waals surface area contributed by atoms with Gasteiger partial charge in [0.2, 0.25) is 0 Å². The summed E-state index contributed by atoms with van der Waals surface area (Å²) in [5.41, 5.74) is -0.784. The third-order valence-electron chi connectivity index (χ3n) is 9.83. The Bertz CT molecular complexity index is 895. The van der Waals surface area contributed by atoms with Gasteiger partial charge in [0, 0.05) is 23.0 Å². The molecule has 6 atom stereocenters. The third-order valence-corrected chi connectivity index (χ3v) is 9.83. The van der Waals surface area contributed by atoms with E-state index in [-0.39, 0.29) is 34.3 Å². The first-order chi connectivity index (χ1) is 13.7. The molecule has 1 heterocycles. The Hall–Kier alpha value is -1.62. The smallest absolute Gasteiger partial charge is 0.193 e. The molecule has 0 radical (unpaired) electrons. The molecule has 2 saturated carbocycles. The second-order valence-electron chi connectivity index (χ2n) is 11.4. The molecular weight excluding hydrogens is 380 g/mol. The Morgan fingerprint density at radius 2 is 1.77 bits per heavy atom. The summed E-state index contributed by atoms with van der Waals surface area (Å²) >= 11 is 0. The van der Waals surface area contributed by atoms with Crippen molar-refractivity contribution in [3.05, 3.63) is 22.5 Å². The van der Waals surface area contributed by atoms with E-state index >= 15 is 0 Å². The molecule has 1 saturated heterocycles. The van der Waals surface area contributed by atoms with Crippen LogP contribution < -0.4 is 5.11 Å². The van der Waals surface area contributed by atoms with Gasteiger partial charge in [-0.05, 0) is 69.3 Å². The van der Waals surface area contributed by atoms with Gasteiger partial charge in [-0.3, -0.25) is 4.79 Å². The van der Waals surface area contributed by atoms with Gasteiger partial charge in [0.1, 0.15) is 11.4 Å². The summed E-state index contributed by atoms with van der Waals surface area (Å²) in [6.07, 6.45) is 3.93. The lowest BCUT2D eigenvalue weighted by atomic mass is 9.43. The van der Waals surface area contributed by atoms with Crippen LogP contribution in [0, 0.1) is 28.1 Å². The highest BCUT2D eigenvalue weighted by Crippen LogP contribution is 2.71. The van der Waals surface area contributed by atoms with Gasteiger partial charge >= 0.3 is 0 Å². The minimum atomic E-state index is -1.40. The Kier molecular flexibility index (Phi) is 4.47. The number of fused-ring (bicyclic) bond motifs is 3. The van der Waals surface area contributed by atoms with E-state index in [1.54, 1.807) is 13.8 Å². The number of carbonyl (C=O) groups is 2. The van der Waals surface area contributed by atoms with Crippen LogP contribution in [-0.4, -0.2) is 28.6 Å². The van der Waals surface area contributed by atoms with Gasteiger partial charge in [-0.25, -0.2) is 0 Å². The van der Waals surface area contributed by atoms with Crippen LogP contribution in [0.25, 0.3) is 0 Å². The number of ketones is 1. The summed E-state index contributed by atoms with van der Waals surface area (Å²) in [6, 6.07) is 0. The molecule has 0 aromatic carbocycles. The number of carboxylic acids is 1. The van der Waals surface area contributed by atoms with Gasteiger partial charge in [-0.1, -0.05) is 27.7 Å². The van der Waals surface area contributed by atoms with E-state index in [1.165, 1.54) is 0 Å². The van der Waals surface area contributed by atoms with Gasteiger partial charge < -0.3 is 19.7 Å². The van der Waals surface area contributed by atoms with Crippen LogP contribution in [0.3, 0.4) is 0 Å². The summed E-state index contributed by atoms with van der Waals surface area (Å²) in [5.74, 6) is -0.688. The zero-order valence-corrected chi connectivity index (χ0v) is 19.3. The largest absolute Gasteiger partial charge is 0.545 e. The Balaban J connectivity index is 1.91. The molecule has 5 heteroatoms. The molecule has 4 rings (SSSR count). The number of aliphatic hydroxyl groups is 1. The Morgan fingerprint density at radius 1 is 1.13 bits per heavy atom. The molecule has 3 fully saturated rings. The van der Waals surface area contributed by atoms with E-state index in [1.807, 2.05) is 6.92 Å². The molecule has 5 nitrogen and oxygen atoms in total. The summed E-state index contributed by atoms with van der Waals surface area (Å²) < 4.78 is 6.92. The van der Waals surface area contributed by atoms with Crippen molar-refractivity contribution in [1.82, 2.24) is 0 Å². The van der Waals surface area contributed by atoms with Gasteiger partial charge in [0.05, 0.1) is 17.5 Å². The minimum Gasteiger partial charge on any atom is -0.545 e. The first kappa shape index (κ1) is 21.6. The maximum atomic E-state index is 12.9. The van der Waals surface area contributed by atoms with E-state index in [0.717, 1.165) is 25.7 Å². The van der Waals surface area contributed by atoms with E-state index < -0.39 is 22.8 Å². The molecular formula is C25H35O5-. The number of aliphatic carboxylic acids is 1. The second-order valence-corrected chi connectivity index (χ2v) is 11.4. The number of rotatable bonds is 1. The van der Waals surface area contributed by atoms with E-state index in [2.05, 4.69) is 27.7 Å². The lowest BCUT2D eigenvalue weighted by Gasteiger charge is -2.64. The van der Waals surface area contributed by atoms with Gasteiger partial charge in [-0.15, -0.1) is 0 Å². The lowest BCUT2D eigenvalue weighted by Crippen LogP contribution is -2.64. The van der Waals surface area contributed by atoms with Crippen molar-refractivity contribution in [2.75, 3.05) is 0 Å². The summed E-state index contributed by atoms with van der Waals surface area (Å²) in [7, 11) is 0. The molecule has 1 spiro atoms. The molecule has 0 aromatic rings. The van der Waals surface area contributed by atoms with Gasteiger partial charge in [0.25, 0.3) is 0 Å². The highest BCUT2D eigenvalue weighted by Gasteiger charge is 2.70. The van der Waals surface area contributed by atoms with E-state index in [4.69, 9.17) is 4.74 Å². The first-order valence-electron chi connectivity index (χ1n) is 11.3. The van der Waals surface area contributed by atoms with Crippen LogP contribution in [0.5, 0.6) is 0 Å². The van der Waals surface area contributed by atoms with Crippen molar-refractivity contribution < 1.29 is 24.5 Å². The number of hydrogen-bond acceptors (Lipinski definition) is 5. The van der Waals surface area contributed by atoms with Crippen LogP contribution in [0.2, 0.25) is 0 Å². The maximum Gasteiger partial charge on any atom is 0.193 e. The molecule has 30 heavy (non-hydrogen) atoms. The first-order valence-corrected chi connectivity index (χ1v) is 11.3. The van der Waals surface area contributed by atoms with Crippen LogP contribution in [-0.2, 0) is 14.3 Å². The molecule has 0 amide bonds. The molecule has 3 aliphatic carbocycles. The maximum absolute atomic E-state index is 12.9. The van der Waals surface area contributed by atoms with Crippen molar-refractivity contribution in [3.8, 4) is 0 Å². The van der Waals surface area contributed by atoms with Crippen molar-refractivity contribution in [2.24, 2.45) is 28.1 Å². The van der Waals surface area contributed by atoms with Crippen molar-refractivity contribution in [2.45, 2.75) is 92.3 Å². The number of allylic oxidation sites excluding steroid dienone is 2. The third kappa shape index (κ3) is 2.33. The average molecular weight is 416 g/mol. The van der Waals surface area contributed by atoms with Gasteiger partial charge in [-0.2, -0.15) is 0 Å². The SMILES string of the molecule is CC1=C2O[C@@]3(C[C@]2(C)C(C)=C(C(=O)[O-])C1=O)[C@@H](C)CC[C@H]1C(C)(C)[C@@H](O)CC[C@@]13C.